The van der Waals surface area contributed by atoms with E-state index in [1.165, 1.54) is 6.07 Å². The van der Waals surface area contributed by atoms with E-state index in [1.54, 1.807) is 0 Å². The van der Waals surface area contributed by atoms with Crippen LogP contribution >= 0.6 is 0 Å². The summed E-state index contributed by atoms with van der Waals surface area (Å²) < 4.78 is 26.3. The van der Waals surface area contributed by atoms with Crippen molar-refractivity contribution in [2.75, 3.05) is 11.9 Å². The number of carbonyl (C=O) groups is 1. The molecule has 2 amide bonds. The number of benzene rings is 1. The largest absolute Gasteiger partial charge is 0.331 e. The standard InChI is InChI=1S/C15H21F2N3O/c1-10-4-6-15(9-18,7-5-10)20-14(21)19-13-3-2-11(16)8-12(13)17/h2-3,8,10H,4-7,9,18H2,1H3,(H2,19,20,21). The Morgan fingerprint density at radius 2 is 2.05 bits per heavy atom. The van der Waals surface area contributed by atoms with Crippen molar-refractivity contribution in [3.63, 3.8) is 0 Å². The SMILES string of the molecule is CC1CCC(CN)(NC(=O)Nc2ccc(F)cc2F)CC1. The first-order valence-corrected chi connectivity index (χ1v) is 7.18. The molecule has 0 aromatic heterocycles. The molecule has 1 aliphatic rings. The monoisotopic (exact) mass is 297 g/mol. The van der Waals surface area contributed by atoms with Crippen LogP contribution in [-0.4, -0.2) is 18.1 Å². The van der Waals surface area contributed by atoms with Crippen LogP contribution in [0.25, 0.3) is 0 Å². The summed E-state index contributed by atoms with van der Waals surface area (Å²) in [6.07, 6.45) is 3.62. The van der Waals surface area contributed by atoms with Gasteiger partial charge in [-0.2, -0.15) is 0 Å². The molecule has 0 radical (unpaired) electrons. The Bertz CT molecular complexity index is 514. The maximum atomic E-state index is 13.5. The van der Waals surface area contributed by atoms with Crippen molar-refractivity contribution in [3.05, 3.63) is 29.8 Å². The average Bonchev–Trinajstić information content (AvgIpc) is 2.45. The number of nitrogens with two attached hydrogens (primary N) is 1. The van der Waals surface area contributed by atoms with Gasteiger partial charge in [-0.3, -0.25) is 0 Å². The summed E-state index contributed by atoms with van der Waals surface area (Å²) in [5.74, 6) is -0.855. The highest BCUT2D eigenvalue weighted by Crippen LogP contribution is 2.31. The van der Waals surface area contributed by atoms with Crippen LogP contribution in [0.2, 0.25) is 0 Å². The van der Waals surface area contributed by atoms with Crippen molar-refractivity contribution in [3.8, 4) is 0 Å². The minimum atomic E-state index is -0.802. The number of rotatable bonds is 3. The molecular formula is C15H21F2N3O. The second kappa shape index (κ2) is 6.39. The van der Waals surface area contributed by atoms with Crippen molar-refractivity contribution in [1.29, 1.82) is 0 Å². The third-order valence-electron chi connectivity index (χ3n) is 4.18. The number of anilines is 1. The van der Waals surface area contributed by atoms with Gasteiger partial charge in [-0.05, 0) is 43.7 Å². The Morgan fingerprint density at radius 1 is 1.38 bits per heavy atom. The molecule has 1 aliphatic carbocycles. The topological polar surface area (TPSA) is 67.1 Å². The second-order valence-electron chi connectivity index (χ2n) is 5.87. The third kappa shape index (κ3) is 3.91. The smallest absolute Gasteiger partial charge is 0.319 e. The molecule has 0 aliphatic heterocycles. The fourth-order valence-corrected chi connectivity index (χ4v) is 2.68. The Morgan fingerprint density at radius 3 is 2.62 bits per heavy atom. The van der Waals surface area contributed by atoms with E-state index in [-0.39, 0.29) is 5.69 Å². The van der Waals surface area contributed by atoms with Gasteiger partial charge in [-0.25, -0.2) is 13.6 Å². The van der Waals surface area contributed by atoms with Crippen molar-refractivity contribution in [2.45, 2.75) is 38.1 Å². The number of hydrogen-bond acceptors (Lipinski definition) is 2. The Labute approximate surface area is 123 Å². The highest BCUT2D eigenvalue weighted by molar-refractivity contribution is 5.89. The molecule has 1 aromatic rings. The first-order chi connectivity index (χ1) is 9.94. The van der Waals surface area contributed by atoms with Gasteiger partial charge < -0.3 is 16.4 Å². The summed E-state index contributed by atoms with van der Waals surface area (Å²) >= 11 is 0. The van der Waals surface area contributed by atoms with E-state index in [2.05, 4.69) is 17.6 Å². The average molecular weight is 297 g/mol. The Balaban J connectivity index is 2.00. The summed E-state index contributed by atoms with van der Waals surface area (Å²) in [5.41, 5.74) is 5.32. The lowest BCUT2D eigenvalue weighted by molar-refractivity contribution is 0.196. The van der Waals surface area contributed by atoms with Crippen LogP contribution in [0.4, 0.5) is 19.3 Å². The molecule has 0 unspecified atom stereocenters. The molecule has 1 saturated carbocycles. The second-order valence-corrected chi connectivity index (χ2v) is 5.87. The minimum absolute atomic E-state index is 0.0507. The van der Waals surface area contributed by atoms with Crippen LogP contribution in [-0.2, 0) is 0 Å². The molecule has 116 valence electrons. The first kappa shape index (κ1) is 15.7. The molecule has 0 heterocycles. The van der Waals surface area contributed by atoms with Crippen LogP contribution < -0.4 is 16.4 Å². The maximum Gasteiger partial charge on any atom is 0.319 e. The van der Waals surface area contributed by atoms with Gasteiger partial charge in [0.15, 0.2) is 0 Å². The zero-order valence-electron chi connectivity index (χ0n) is 12.1. The van der Waals surface area contributed by atoms with Crippen molar-refractivity contribution >= 4 is 11.7 Å². The number of hydrogen-bond donors (Lipinski definition) is 3. The molecule has 4 N–H and O–H groups in total. The molecular weight excluding hydrogens is 276 g/mol. The molecule has 1 fully saturated rings. The van der Waals surface area contributed by atoms with Crippen LogP contribution in [0.5, 0.6) is 0 Å². The quantitative estimate of drug-likeness (QED) is 0.803. The molecule has 2 rings (SSSR count). The zero-order chi connectivity index (χ0) is 15.5. The molecule has 0 spiro atoms. The van der Waals surface area contributed by atoms with Gasteiger partial charge in [0, 0.05) is 12.6 Å². The van der Waals surface area contributed by atoms with E-state index in [1.807, 2.05) is 0 Å². The van der Waals surface area contributed by atoms with Gasteiger partial charge >= 0.3 is 6.03 Å². The normalized spacial score (nSPS) is 25.4. The van der Waals surface area contributed by atoms with Gasteiger partial charge in [0.2, 0.25) is 0 Å². The van der Waals surface area contributed by atoms with Gasteiger partial charge in [0.05, 0.1) is 11.2 Å². The molecule has 0 saturated heterocycles. The number of urea groups is 1. The molecule has 6 heteroatoms. The highest BCUT2D eigenvalue weighted by Gasteiger charge is 2.34. The number of nitrogens with one attached hydrogen (secondary N) is 2. The molecule has 0 bridgehead atoms. The van der Waals surface area contributed by atoms with Crippen molar-refractivity contribution in [1.82, 2.24) is 5.32 Å². The summed E-state index contributed by atoms with van der Waals surface area (Å²) in [6.45, 7) is 2.52. The highest BCUT2D eigenvalue weighted by atomic mass is 19.1. The van der Waals surface area contributed by atoms with Gasteiger partial charge in [0.1, 0.15) is 11.6 Å². The predicted octanol–water partition coefficient (Wildman–Crippen LogP) is 2.99. The number of halogens is 2. The van der Waals surface area contributed by atoms with E-state index in [4.69, 9.17) is 5.73 Å². The maximum absolute atomic E-state index is 13.5. The van der Waals surface area contributed by atoms with E-state index in [9.17, 15) is 13.6 Å². The van der Waals surface area contributed by atoms with Crippen molar-refractivity contribution in [2.24, 2.45) is 11.7 Å². The van der Waals surface area contributed by atoms with Crippen molar-refractivity contribution < 1.29 is 13.6 Å². The minimum Gasteiger partial charge on any atom is -0.331 e. The number of amides is 2. The summed E-state index contributed by atoms with van der Waals surface area (Å²) in [6, 6.07) is 2.51. The molecule has 1 aromatic carbocycles. The Kier molecular flexibility index (Phi) is 4.77. The predicted molar refractivity (Wildman–Crippen MR) is 77.9 cm³/mol. The van der Waals surface area contributed by atoms with E-state index in [0.29, 0.717) is 12.5 Å². The van der Waals surface area contributed by atoms with E-state index >= 15 is 0 Å². The summed E-state index contributed by atoms with van der Waals surface area (Å²) in [5, 5.41) is 5.27. The van der Waals surface area contributed by atoms with E-state index < -0.39 is 23.2 Å². The summed E-state index contributed by atoms with van der Waals surface area (Å²) in [4.78, 5) is 12.0. The number of carbonyl (C=O) groups excluding carboxylic acids is 1. The van der Waals surface area contributed by atoms with Crippen LogP contribution in [0.3, 0.4) is 0 Å². The van der Waals surface area contributed by atoms with Crippen LogP contribution in [0, 0.1) is 17.6 Å². The Hall–Kier alpha value is -1.69. The molecule has 4 nitrogen and oxygen atoms in total. The van der Waals surface area contributed by atoms with Gasteiger partial charge in [-0.15, -0.1) is 0 Å². The van der Waals surface area contributed by atoms with Crippen LogP contribution in [0.15, 0.2) is 18.2 Å². The van der Waals surface area contributed by atoms with Gasteiger partial charge in [0.25, 0.3) is 0 Å². The fraction of sp³-hybridized carbons (Fsp3) is 0.533. The van der Waals surface area contributed by atoms with E-state index in [0.717, 1.165) is 37.8 Å². The van der Waals surface area contributed by atoms with Gasteiger partial charge in [-0.1, -0.05) is 6.92 Å². The fourth-order valence-electron chi connectivity index (χ4n) is 2.68. The molecule has 0 atom stereocenters. The third-order valence-corrected chi connectivity index (χ3v) is 4.18. The molecule has 21 heavy (non-hydrogen) atoms. The lowest BCUT2D eigenvalue weighted by Gasteiger charge is -2.39. The summed E-state index contributed by atoms with van der Waals surface area (Å²) in [7, 11) is 0. The first-order valence-electron chi connectivity index (χ1n) is 7.18. The lowest BCUT2D eigenvalue weighted by atomic mass is 9.77. The van der Waals surface area contributed by atoms with Crippen LogP contribution in [0.1, 0.15) is 32.6 Å². The lowest BCUT2D eigenvalue weighted by Crippen LogP contribution is -2.56. The zero-order valence-corrected chi connectivity index (χ0v) is 12.1.